The van der Waals surface area contributed by atoms with Gasteiger partial charge in [0.1, 0.15) is 5.69 Å². The fraction of sp³-hybridized carbons (Fsp3) is 0.478. The molecule has 0 unspecified atom stereocenters. The minimum Gasteiger partial charge on any atom is -0.339 e. The smallest absolute Gasteiger partial charge is 0.270 e. The second-order valence-electron chi connectivity index (χ2n) is 7.76. The highest BCUT2D eigenvalue weighted by atomic mass is 16.2. The van der Waals surface area contributed by atoms with E-state index in [4.69, 9.17) is 0 Å². The number of piperazine rings is 1. The van der Waals surface area contributed by atoms with Crippen molar-refractivity contribution in [2.24, 2.45) is 0 Å². The lowest BCUT2D eigenvalue weighted by molar-refractivity contribution is -0.130. The minimum absolute atomic E-state index is 0.0789. The van der Waals surface area contributed by atoms with Gasteiger partial charge in [0.25, 0.3) is 5.91 Å². The standard InChI is InChI=1S/C23H31N3O2/c1-6-21-17(3)22(23(28)25-12-10-24(11-13-25)19(5)27)26(18(21)4)15-20-9-7-8-16(2)14-20/h7-9,14H,6,10-13,15H2,1-5H3. The predicted molar refractivity (Wildman–Crippen MR) is 112 cm³/mol. The maximum atomic E-state index is 13.5. The van der Waals surface area contributed by atoms with Crippen LogP contribution in [0.1, 0.15) is 52.3 Å². The first-order valence-electron chi connectivity index (χ1n) is 10.1. The lowest BCUT2D eigenvalue weighted by atomic mass is 10.1. The molecule has 1 fully saturated rings. The van der Waals surface area contributed by atoms with Crippen LogP contribution in [-0.2, 0) is 17.8 Å². The van der Waals surface area contributed by atoms with Crippen molar-refractivity contribution in [1.29, 1.82) is 0 Å². The molecule has 5 nitrogen and oxygen atoms in total. The van der Waals surface area contributed by atoms with E-state index in [-0.39, 0.29) is 11.8 Å². The number of rotatable bonds is 4. The number of hydrogen-bond acceptors (Lipinski definition) is 2. The zero-order chi connectivity index (χ0) is 20.4. The van der Waals surface area contributed by atoms with Crippen molar-refractivity contribution in [2.75, 3.05) is 26.2 Å². The van der Waals surface area contributed by atoms with Gasteiger partial charge in [-0.2, -0.15) is 0 Å². The molecular weight excluding hydrogens is 350 g/mol. The first kappa shape index (κ1) is 20.2. The summed E-state index contributed by atoms with van der Waals surface area (Å²) in [5.41, 5.74) is 6.75. The first-order chi connectivity index (χ1) is 13.3. The van der Waals surface area contributed by atoms with E-state index in [1.54, 1.807) is 6.92 Å². The van der Waals surface area contributed by atoms with Gasteiger partial charge in [0.15, 0.2) is 0 Å². The lowest BCUT2D eigenvalue weighted by Crippen LogP contribution is -2.50. The van der Waals surface area contributed by atoms with Crippen molar-refractivity contribution in [2.45, 2.75) is 47.6 Å². The van der Waals surface area contributed by atoms with Crippen molar-refractivity contribution in [3.63, 3.8) is 0 Å². The van der Waals surface area contributed by atoms with Crippen LogP contribution in [0.4, 0.5) is 0 Å². The van der Waals surface area contributed by atoms with Crippen LogP contribution in [0, 0.1) is 20.8 Å². The Morgan fingerprint density at radius 3 is 2.21 bits per heavy atom. The molecule has 2 aromatic rings. The third-order valence-electron chi connectivity index (χ3n) is 5.91. The van der Waals surface area contributed by atoms with E-state index in [1.807, 2.05) is 9.80 Å². The highest BCUT2D eigenvalue weighted by Gasteiger charge is 2.28. The highest BCUT2D eigenvalue weighted by Crippen LogP contribution is 2.26. The predicted octanol–water partition coefficient (Wildman–Crippen LogP) is 3.33. The number of aryl methyl sites for hydroxylation is 1. The van der Waals surface area contributed by atoms with Crippen LogP contribution in [0.15, 0.2) is 24.3 Å². The molecule has 0 aliphatic carbocycles. The third-order valence-corrected chi connectivity index (χ3v) is 5.91. The summed E-state index contributed by atoms with van der Waals surface area (Å²) in [4.78, 5) is 28.8. The van der Waals surface area contributed by atoms with Gasteiger partial charge in [0.05, 0.1) is 0 Å². The normalized spacial score (nSPS) is 14.5. The Hall–Kier alpha value is -2.56. The molecule has 1 aliphatic rings. The number of hydrogen-bond donors (Lipinski definition) is 0. The van der Waals surface area contributed by atoms with Gasteiger partial charge in [-0.25, -0.2) is 0 Å². The molecule has 150 valence electrons. The largest absolute Gasteiger partial charge is 0.339 e. The second-order valence-corrected chi connectivity index (χ2v) is 7.76. The van der Waals surface area contributed by atoms with E-state index in [1.165, 1.54) is 22.4 Å². The fourth-order valence-corrected chi connectivity index (χ4v) is 4.31. The summed E-state index contributed by atoms with van der Waals surface area (Å²) < 4.78 is 2.18. The van der Waals surface area contributed by atoms with E-state index in [0.717, 1.165) is 17.7 Å². The number of aromatic nitrogens is 1. The molecule has 1 saturated heterocycles. The van der Waals surface area contributed by atoms with Crippen molar-refractivity contribution in [3.8, 4) is 0 Å². The van der Waals surface area contributed by atoms with Crippen molar-refractivity contribution >= 4 is 11.8 Å². The van der Waals surface area contributed by atoms with Crippen LogP contribution < -0.4 is 0 Å². The summed E-state index contributed by atoms with van der Waals surface area (Å²) in [6.07, 6.45) is 0.914. The SMILES string of the molecule is CCc1c(C)c(C(=O)N2CCN(C(C)=O)CC2)n(Cc2cccc(C)c2)c1C. The molecule has 3 rings (SSSR count). The lowest BCUT2D eigenvalue weighted by Gasteiger charge is -2.34. The van der Waals surface area contributed by atoms with E-state index in [9.17, 15) is 9.59 Å². The maximum absolute atomic E-state index is 13.5. The van der Waals surface area contributed by atoms with Crippen molar-refractivity contribution in [1.82, 2.24) is 14.4 Å². The summed E-state index contributed by atoms with van der Waals surface area (Å²) in [6, 6.07) is 8.46. The van der Waals surface area contributed by atoms with E-state index in [0.29, 0.717) is 32.7 Å². The summed E-state index contributed by atoms with van der Waals surface area (Å²) in [7, 11) is 0. The zero-order valence-corrected chi connectivity index (χ0v) is 17.7. The van der Waals surface area contributed by atoms with Gasteiger partial charge in [-0.15, -0.1) is 0 Å². The molecule has 0 spiro atoms. The van der Waals surface area contributed by atoms with Crippen LogP contribution in [0.25, 0.3) is 0 Å². The zero-order valence-electron chi connectivity index (χ0n) is 17.7. The molecule has 28 heavy (non-hydrogen) atoms. The first-order valence-corrected chi connectivity index (χ1v) is 10.1. The Bertz CT molecular complexity index is 889. The average Bonchev–Trinajstić information content (AvgIpc) is 2.90. The fourth-order valence-electron chi connectivity index (χ4n) is 4.31. The Labute approximate surface area is 167 Å². The number of benzene rings is 1. The molecule has 0 atom stereocenters. The summed E-state index contributed by atoms with van der Waals surface area (Å²) >= 11 is 0. The van der Waals surface area contributed by atoms with Gasteiger partial charge >= 0.3 is 0 Å². The molecular formula is C23H31N3O2. The van der Waals surface area contributed by atoms with Gasteiger partial charge in [0.2, 0.25) is 5.91 Å². The molecule has 5 heteroatoms. The van der Waals surface area contributed by atoms with E-state index >= 15 is 0 Å². The van der Waals surface area contributed by atoms with Crippen LogP contribution in [0.2, 0.25) is 0 Å². The van der Waals surface area contributed by atoms with Gasteiger partial charge in [-0.1, -0.05) is 36.8 Å². The minimum atomic E-state index is 0.0789. The Balaban J connectivity index is 1.93. The maximum Gasteiger partial charge on any atom is 0.270 e. The van der Waals surface area contributed by atoms with E-state index < -0.39 is 0 Å². The molecule has 0 saturated carbocycles. The Morgan fingerprint density at radius 1 is 1.00 bits per heavy atom. The number of carbonyl (C=O) groups is 2. The number of carbonyl (C=O) groups excluding carboxylic acids is 2. The number of amides is 2. The molecule has 2 heterocycles. The molecule has 2 amide bonds. The van der Waals surface area contributed by atoms with Gasteiger partial charge in [-0.05, 0) is 43.9 Å². The van der Waals surface area contributed by atoms with E-state index in [2.05, 4.69) is 56.5 Å². The van der Waals surface area contributed by atoms with Gasteiger partial charge < -0.3 is 14.4 Å². The third kappa shape index (κ3) is 3.84. The molecule has 1 aromatic carbocycles. The Kier molecular flexibility index (Phi) is 5.92. The summed E-state index contributed by atoms with van der Waals surface area (Å²) in [5.74, 6) is 0.159. The summed E-state index contributed by atoms with van der Waals surface area (Å²) in [5, 5.41) is 0. The molecule has 0 N–H and O–H groups in total. The van der Waals surface area contributed by atoms with Crippen LogP contribution in [0.5, 0.6) is 0 Å². The van der Waals surface area contributed by atoms with Crippen molar-refractivity contribution < 1.29 is 9.59 Å². The highest BCUT2D eigenvalue weighted by molar-refractivity contribution is 5.95. The second kappa shape index (κ2) is 8.21. The van der Waals surface area contributed by atoms with Crippen molar-refractivity contribution in [3.05, 3.63) is 57.9 Å². The molecule has 0 bridgehead atoms. The quantitative estimate of drug-likeness (QED) is 0.815. The summed E-state index contributed by atoms with van der Waals surface area (Å²) in [6.45, 7) is 13.1. The van der Waals surface area contributed by atoms with Crippen LogP contribution >= 0.6 is 0 Å². The van der Waals surface area contributed by atoms with Crippen LogP contribution in [-0.4, -0.2) is 52.4 Å². The monoisotopic (exact) mass is 381 g/mol. The molecule has 1 aliphatic heterocycles. The molecule has 1 aromatic heterocycles. The van der Waals surface area contributed by atoms with Crippen LogP contribution in [0.3, 0.4) is 0 Å². The van der Waals surface area contributed by atoms with Gasteiger partial charge in [-0.3, -0.25) is 9.59 Å². The average molecular weight is 382 g/mol. The topological polar surface area (TPSA) is 45.6 Å². The van der Waals surface area contributed by atoms with Gasteiger partial charge in [0, 0.05) is 45.3 Å². The number of nitrogens with zero attached hydrogens (tertiary/aromatic N) is 3. The molecule has 0 radical (unpaired) electrons. The Morgan fingerprint density at radius 2 is 1.64 bits per heavy atom.